The first kappa shape index (κ1) is 20.5. The lowest BCUT2D eigenvalue weighted by molar-refractivity contribution is 0.0894. The van der Waals surface area contributed by atoms with Gasteiger partial charge >= 0.3 is 6.09 Å². The van der Waals surface area contributed by atoms with Gasteiger partial charge in [-0.05, 0) is 29.7 Å². The van der Waals surface area contributed by atoms with E-state index in [-0.39, 0.29) is 18.9 Å². The van der Waals surface area contributed by atoms with Crippen molar-refractivity contribution in [2.45, 2.75) is 19.9 Å². The summed E-state index contributed by atoms with van der Waals surface area (Å²) in [4.78, 5) is 25.6. The van der Waals surface area contributed by atoms with Gasteiger partial charge in [0.2, 0.25) is 0 Å². The average molecular weight is 370 g/mol. The van der Waals surface area contributed by atoms with Crippen molar-refractivity contribution in [1.82, 2.24) is 4.90 Å². The summed E-state index contributed by atoms with van der Waals surface area (Å²) in [5.41, 5.74) is 7.83. The molecule has 0 atom stereocenters. The molecule has 0 aliphatic carbocycles. The van der Waals surface area contributed by atoms with E-state index in [0.29, 0.717) is 13.1 Å². The fourth-order valence-corrected chi connectivity index (χ4v) is 2.87. The maximum Gasteiger partial charge on any atom is 0.404 e. The topological polar surface area (TPSA) is 81.9 Å². The SMILES string of the molecule is CCc1ccccc1C(=O)CN(CCOC(N)=O)Cc1ccc(OC)cc1. The van der Waals surface area contributed by atoms with Crippen molar-refractivity contribution in [3.05, 3.63) is 65.2 Å². The number of nitrogens with two attached hydrogens (primary N) is 1. The second kappa shape index (κ2) is 10.3. The van der Waals surface area contributed by atoms with Crippen LogP contribution in [0.2, 0.25) is 0 Å². The molecule has 27 heavy (non-hydrogen) atoms. The molecule has 0 unspecified atom stereocenters. The number of ether oxygens (including phenoxy) is 2. The van der Waals surface area contributed by atoms with E-state index in [1.807, 2.05) is 60.4 Å². The number of Topliss-reactive ketones (excluding diaryl/α,β-unsaturated/α-hetero) is 1. The Bertz CT molecular complexity index is 759. The van der Waals surface area contributed by atoms with Gasteiger partial charge in [-0.2, -0.15) is 0 Å². The van der Waals surface area contributed by atoms with Crippen molar-refractivity contribution in [2.24, 2.45) is 5.73 Å². The number of carbonyl (C=O) groups is 2. The van der Waals surface area contributed by atoms with Crippen molar-refractivity contribution in [3.8, 4) is 5.75 Å². The highest BCUT2D eigenvalue weighted by atomic mass is 16.5. The number of methoxy groups -OCH3 is 1. The summed E-state index contributed by atoms with van der Waals surface area (Å²) in [5.74, 6) is 0.815. The molecule has 2 N–H and O–H groups in total. The summed E-state index contributed by atoms with van der Waals surface area (Å²) in [5, 5.41) is 0. The zero-order valence-electron chi connectivity index (χ0n) is 15.8. The summed E-state index contributed by atoms with van der Waals surface area (Å²) in [6.07, 6.45) is -0.0207. The number of aryl methyl sites for hydroxylation is 1. The Kier molecular flexibility index (Phi) is 7.82. The fraction of sp³-hybridized carbons (Fsp3) is 0.333. The number of carbonyl (C=O) groups excluding carboxylic acids is 2. The molecule has 0 aromatic heterocycles. The van der Waals surface area contributed by atoms with Gasteiger partial charge in [0.05, 0.1) is 13.7 Å². The Morgan fingerprint density at radius 1 is 1.07 bits per heavy atom. The van der Waals surface area contributed by atoms with Crippen molar-refractivity contribution in [3.63, 3.8) is 0 Å². The standard InChI is InChI=1S/C21H26N2O4/c1-3-17-6-4-5-7-19(17)20(24)15-23(12-13-27-21(22)25)14-16-8-10-18(26-2)11-9-16/h4-11H,3,12-15H2,1-2H3,(H2,22,25). The minimum atomic E-state index is -0.818. The largest absolute Gasteiger partial charge is 0.497 e. The maximum atomic E-state index is 12.8. The Balaban J connectivity index is 2.10. The Morgan fingerprint density at radius 2 is 1.78 bits per heavy atom. The van der Waals surface area contributed by atoms with Gasteiger partial charge in [0.15, 0.2) is 5.78 Å². The van der Waals surface area contributed by atoms with Crippen molar-refractivity contribution < 1.29 is 19.1 Å². The van der Waals surface area contributed by atoms with Gasteiger partial charge in [-0.1, -0.05) is 43.3 Å². The molecule has 0 aliphatic rings. The van der Waals surface area contributed by atoms with E-state index < -0.39 is 6.09 Å². The number of nitrogens with zero attached hydrogens (tertiary/aromatic N) is 1. The van der Waals surface area contributed by atoms with Crippen LogP contribution >= 0.6 is 0 Å². The fourth-order valence-electron chi connectivity index (χ4n) is 2.87. The van der Waals surface area contributed by atoms with Crippen LogP contribution < -0.4 is 10.5 Å². The molecule has 2 aromatic carbocycles. The van der Waals surface area contributed by atoms with Crippen LogP contribution in [0.15, 0.2) is 48.5 Å². The molecule has 1 amide bonds. The van der Waals surface area contributed by atoms with Crippen LogP contribution in [0.3, 0.4) is 0 Å². The van der Waals surface area contributed by atoms with Crippen molar-refractivity contribution in [1.29, 1.82) is 0 Å². The molecule has 0 heterocycles. The number of hydrogen-bond acceptors (Lipinski definition) is 5. The van der Waals surface area contributed by atoms with Gasteiger partial charge in [0.25, 0.3) is 0 Å². The van der Waals surface area contributed by atoms with E-state index in [9.17, 15) is 9.59 Å². The first-order chi connectivity index (χ1) is 13.0. The van der Waals surface area contributed by atoms with E-state index in [0.717, 1.165) is 28.9 Å². The van der Waals surface area contributed by atoms with E-state index in [4.69, 9.17) is 15.2 Å². The zero-order valence-corrected chi connectivity index (χ0v) is 15.8. The molecule has 0 spiro atoms. The van der Waals surface area contributed by atoms with E-state index in [1.54, 1.807) is 7.11 Å². The summed E-state index contributed by atoms with van der Waals surface area (Å²) in [7, 11) is 1.62. The normalized spacial score (nSPS) is 10.6. The highest BCUT2D eigenvalue weighted by Gasteiger charge is 2.16. The third kappa shape index (κ3) is 6.42. The number of benzene rings is 2. The molecule has 0 radical (unpaired) electrons. The lowest BCUT2D eigenvalue weighted by Crippen LogP contribution is -2.33. The van der Waals surface area contributed by atoms with Crippen molar-refractivity contribution >= 4 is 11.9 Å². The Hall–Kier alpha value is -2.86. The van der Waals surface area contributed by atoms with E-state index in [2.05, 4.69) is 0 Å². The van der Waals surface area contributed by atoms with Gasteiger partial charge in [-0.25, -0.2) is 4.79 Å². The van der Waals surface area contributed by atoms with Crippen LogP contribution in [0.25, 0.3) is 0 Å². The first-order valence-corrected chi connectivity index (χ1v) is 8.92. The van der Waals surface area contributed by atoms with Crippen LogP contribution in [-0.4, -0.2) is 43.6 Å². The molecule has 0 bridgehead atoms. The molecule has 0 saturated heterocycles. The molecule has 144 valence electrons. The van der Waals surface area contributed by atoms with E-state index >= 15 is 0 Å². The monoisotopic (exact) mass is 370 g/mol. The molecule has 0 fully saturated rings. The molecular weight excluding hydrogens is 344 g/mol. The number of amides is 1. The minimum Gasteiger partial charge on any atom is -0.497 e. The Morgan fingerprint density at radius 3 is 2.41 bits per heavy atom. The summed E-state index contributed by atoms with van der Waals surface area (Å²) in [6, 6.07) is 15.3. The Labute approximate surface area is 159 Å². The van der Waals surface area contributed by atoms with Gasteiger partial charge < -0.3 is 15.2 Å². The lowest BCUT2D eigenvalue weighted by atomic mass is 10.0. The molecule has 2 aromatic rings. The predicted molar refractivity (Wildman–Crippen MR) is 104 cm³/mol. The van der Waals surface area contributed by atoms with Gasteiger partial charge in [-0.15, -0.1) is 0 Å². The molecule has 6 heteroatoms. The van der Waals surface area contributed by atoms with Gasteiger partial charge in [0.1, 0.15) is 12.4 Å². The smallest absolute Gasteiger partial charge is 0.404 e. The van der Waals surface area contributed by atoms with Crippen molar-refractivity contribution in [2.75, 3.05) is 26.8 Å². The van der Waals surface area contributed by atoms with Crippen LogP contribution in [0, 0.1) is 0 Å². The summed E-state index contributed by atoms with van der Waals surface area (Å²) in [6.45, 7) is 3.35. The van der Waals surface area contributed by atoms with Crippen LogP contribution in [0.1, 0.15) is 28.4 Å². The molecule has 0 saturated carbocycles. The number of primary amides is 1. The quantitative estimate of drug-likeness (QED) is 0.650. The minimum absolute atomic E-state index is 0.0417. The second-order valence-electron chi connectivity index (χ2n) is 6.16. The highest BCUT2D eigenvalue weighted by Crippen LogP contribution is 2.15. The van der Waals surface area contributed by atoms with Crippen LogP contribution in [0.5, 0.6) is 5.75 Å². The molecule has 0 aliphatic heterocycles. The maximum absolute atomic E-state index is 12.8. The third-order valence-electron chi connectivity index (χ3n) is 4.28. The second-order valence-corrected chi connectivity index (χ2v) is 6.16. The first-order valence-electron chi connectivity index (χ1n) is 8.92. The highest BCUT2D eigenvalue weighted by molar-refractivity contribution is 5.99. The van der Waals surface area contributed by atoms with Crippen LogP contribution in [-0.2, 0) is 17.7 Å². The number of ketones is 1. The van der Waals surface area contributed by atoms with E-state index in [1.165, 1.54) is 0 Å². The molecule has 2 rings (SSSR count). The van der Waals surface area contributed by atoms with Gasteiger partial charge in [-0.3, -0.25) is 9.69 Å². The summed E-state index contributed by atoms with van der Waals surface area (Å²) < 4.78 is 10.0. The number of hydrogen-bond donors (Lipinski definition) is 1. The third-order valence-corrected chi connectivity index (χ3v) is 4.28. The molecular formula is C21H26N2O4. The van der Waals surface area contributed by atoms with Gasteiger partial charge in [0, 0.05) is 18.7 Å². The number of rotatable bonds is 10. The predicted octanol–water partition coefficient (Wildman–Crippen LogP) is 3.04. The van der Waals surface area contributed by atoms with Crippen LogP contribution in [0.4, 0.5) is 4.79 Å². The lowest BCUT2D eigenvalue weighted by Gasteiger charge is -2.22. The summed E-state index contributed by atoms with van der Waals surface area (Å²) >= 11 is 0. The zero-order chi connectivity index (χ0) is 19.6. The molecule has 6 nitrogen and oxygen atoms in total. The average Bonchev–Trinajstić information content (AvgIpc) is 2.68.